The lowest BCUT2D eigenvalue weighted by atomic mass is 9.90. The SMILES string of the molecule is N=C(/C=C(/c1ccccc1)c1cccc2ccc(-c3ccc(-c4cc(-c5ccccc5)nc(-c5ccc(-n6c7ccccc7c7ccccc76)cc5)c4)cc3)cc12)c1ccccc1. The molecule has 3 heteroatoms. The Balaban J connectivity index is 0.958. The second kappa shape index (κ2) is 16.2. The summed E-state index contributed by atoms with van der Waals surface area (Å²) in [5.74, 6) is 0. The number of pyridine rings is 1. The van der Waals surface area contributed by atoms with Crippen LogP contribution < -0.4 is 0 Å². The van der Waals surface area contributed by atoms with Crippen LogP contribution in [0.3, 0.4) is 0 Å². The number of benzene rings is 9. The number of nitrogens with zero attached hydrogens (tertiary/aromatic N) is 2. The lowest BCUT2D eigenvalue weighted by Crippen LogP contribution is -1.98. The van der Waals surface area contributed by atoms with Crippen molar-refractivity contribution in [3.63, 3.8) is 0 Å². The molecular weight excluding hydrogens is 763 g/mol. The van der Waals surface area contributed by atoms with Crippen molar-refractivity contribution < 1.29 is 0 Å². The first-order valence-corrected chi connectivity index (χ1v) is 21.4. The van der Waals surface area contributed by atoms with E-state index in [1.54, 1.807) is 0 Å². The van der Waals surface area contributed by atoms with Crippen LogP contribution in [0.2, 0.25) is 0 Å². The third-order valence-electron chi connectivity index (χ3n) is 12.1. The molecule has 11 aromatic rings. The van der Waals surface area contributed by atoms with E-state index in [-0.39, 0.29) is 0 Å². The maximum absolute atomic E-state index is 9.06. The van der Waals surface area contributed by atoms with Crippen LogP contribution in [0.1, 0.15) is 16.7 Å². The van der Waals surface area contributed by atoms with Gasteiger partial charge in [0.25, 0.3) is 0 Å². The molecule has 9 aromatic carbocycles. The van der Waals surface area contributed by atoms with Crippen LogP contribution in [0.25, 0.3) is 88.6 Å². The van der Waals surface area contributed by atoms with Crippen molar-refractivity contribution in [2.45, 2.75) is 0 Å². The van der Waals surface area contributed by atoms with Gasteiger partial charge in [-0.25, -0.2) is 4.98 Å². The van der Waals surface area contributed by atoms with E-state index < -0.39 is 0 Å². The van der Waals surface area contributed by atoms with Crippen molar-refractivity contribution in [3.05, 3.63) is 259 Å². The molecule has 0 aliphatic carbocycles. The van der Waals surface area contributed by atoms with E-state index >= 15 is 0 Å². The first-order chi connectivity index (χ1) is 31.1. The van der Waals surface area contributed by atoms with Crippen molar-refractivity contribution in [1.82, 2.24) is 9.55 Å². The maximum Gasteiger partial charge on any atom is 0.0715 e. The van der Waals surface area contributed by atoms with Crippen LogP contribution in [-0.4, -0.2) is 15.3 Å². The largest absolute Gasteiger partial charge is 0.309 e. The summed E-state index contributed by atoms with van der Waals surface area (Å²) >= 11 is 0. The van der Waals surface area contributed by atoms with Gasteiger partial charge in [-0.3, -0.25) is 0 Å². The minimum Gasteiger partial charge on any atom is -0.309 e. The second-order valence-electron chi connectivity index (χ2n) is 15.9. The molecule has 2 aromatic heterocycles. The van der Waals surface area contributed by atoms with E-state index in [2.05, 4.69) is 199 Å². The van der Waals surface area contributed by atoms with Gasteiger partial charge in [0.1, 0.15) is 0 Å². The topological polar surface area (TPSA) is 41.7 Å². The summed E-state index contributed by atoms with van der Waals surface area (Å²) in [7, 11) is 0. The van der Waals surface area contributed by atoms with Gasteiger partial charge >= 0.3 is 0 Å². The summed E-state index contributed by atoms with van der Waals surface area (Å²) in [5.41, 5.74) is 16.6. The van der Waals surface area contributed by atoms with Crippen molar-refractivity contribution in [2.75, 3.05) is 0 Å². The molecule has 0 unspecified atom stereocenters. The molecule has 0 spiro atoms. The van der Waals surface area contributed by atoms with E-state index in [9.17, 15) is 0 Å². The minimum absolute atomic E-state index is 0.476. The van der Waals surface area contributed by atoms with E-state index in [4.69, 9.17) is 10.4 Å². The van der Waals surface area contributed by atoms with Crippen molar-refractivity contribution in [2.24, 2.45) is 0 Å². The molecule has 1 N–H and O–H groups in total. The maximum atomic E-state index is 9.06. The van der Waals surface area contributed by atoms with Gasteiger partial charge in [-0.2, -0.15) is 0 Å². The molecule has 11 rings (SSSR count). The zero-order valence-corrected chi connectivity index (χ0v) is 34.5. The van der Waals surface area contributed by atoms with Crippen LogP contribution in [0, 0.1) is 5.41 Å². The van der Waals surface area contributed by atoms with Crippen LogP contribution in [-0.2, 0) is 0 Å². The Morgan fingerprint density at radius 2 is 0.889 bits per heavy atom. The van der Waals surface area contributed by atoms with E-state index in [0.29, 0.717) is 5.71 Å². The number of hydrogen-bond donors (Lipinski definition) is 1. The molecule has 0 bridgehead atoms. The van der Waals surface area contributed by atoms with Crippen molar-refractivity contribution >= 4 is 43.9 Å². The summed E-state index contributed by atoms with van der Waals surface area (Å²) in [4.78, 5) is 5.24. The number of rotatable bonds is 9. The Kier molecular flexibility index (Phi) is 9.68. The zero-order valence-electron chi connectivity index (χ0n) is 34.5. The van der Waals surface area contributed by atoms with E-state index in [1.807, 2.05) is 48.5 Å². The normalized spacial score (nSPS) is 11.7. The smallest absolute Gasteiger partial charge is 0.0715 e. The van der Waals surface area contributed by atoms with Gasteiger partial charge in [0.05, 0.1) is 28.1 Å². The second-order valence-corrected chi connectivity index (χ2v) is 15.9. The molecule has 296 valence electrons. The summed E-state index contributed by atoms with van der Waals surface area (Å²) < 4.78 is 2.35. The highest BCUT2D eigenvalue weighted by Crippen LogP contribution is 2.37. The summed E-state index contributed by atoms with van der Waals surface area (Å²) in [6.07, 6.45) is 2.01. The van der Waals surface area contributed by atoms with Gasteiger partial charge in [-0.05, 0) is 104 Å². The average Bonchev–Trinajstić information content (AvgIpc) is 3.70. The highest BCUT2D eigenvalue weighted by molar-refractivity contribution is 6.14. The van der Waals surface area contributed by atoms with Crippen LogP contribution in [0.15, 0.2) is 243 Å². The Bertz CT molecular complexity index is 3420. The minimum atomic E-state index is 0.476. The van der Waals surface area contributed by atoms with Gasteiger partial charge in [-0.1, -0.05) is 194 Å². The fourth-order valence-corrected chi connectivity index (χ4v) is 8.91. The fraction of sp³-hybridized carbons (Fsp3) is 0. The molecule has 0 aliphatic heterocycles. The standard InChI is InChI=1S/C60H41N3/c61-56(45-17-6-2-7-18-45)40-55(43-15-4-1-5-16-43)51-24-14-21-44-31-32-48(37-54(44)51)41-27-29-42(30-28-41)49-38-57(46-19-8-3-9-20-46)62-58(39-49)47-33-35-50(36-34-47)63-59-25-12-10-22-52(59)53-23-11-13-26-60(53)63/h1-40,61H/b55-40-,61-56?. The quantitative estimate of drug-likeness (QED) is 0.145. The fourth-order valence-electron chi connectivity index (χ4n) is 8.91. The molecule has 63 heavy (non-hydrogen) atoms. The summed E-state index contributed by atoms with van der Waals surface area (Å²) in [6.45, 7) is 0. The third-order valence-corrected chi connectivity index (χ3v) is 12.1. The van der Waals surface area contributed by atoms with Gasteiger partial charge < -0.3 is 9.98 Å². The number of allylic oxidation sites excluding steroid dienone is 1. The highest BCUT2D eigenvalue weighted by Gasteiger charge is 2.15. The van der Waals surface area contributed by atoms with Crippen molar-refractivity contribution in [1.29, 1.82) is 5.41 Å². The van der Waals surface area contributed by atoms with Crippen LogP contribution in [0.4, 0.5) is 0 Å². The number of nitrogens with one attached hydrogen (secondary N) is 1. The zero-order chi connectivity index (χ0) is 42.1. The van der Waals surface area contributed by atoms with Gasteiger partial charge in [0, 0.05) is 27.6 Å². The number of aromatic nitrogens is 2. The summed E-state index contributed by atoms with van der Waals surface area (Å²) in [6, 6.07) is 83.3. The molecule has 0 atom stereocenters. The van der Waals surface area contributed by atoms with Crippen molar-refractivity contribution in [3.8, 4) is 50.5 Å². The number of para-hydroxylation sites is 2. The predicted octanol–water partition coefficient (Wildman–Crippen LogP) is 15.5. The Hall–Kier alpha value is -8.40. The third kappa shape index (κ3) is 7.22. The molecule has 2 heterocycles. The monoisotopic (exact) mass is 803 g/mol. The Labute approximate surface area is 367 Å². The van der Waals surface area contributed by atoms with Gasteiger partial charge in [0.2, 0.25) is 0 Å². The molecular formula is C60H41N3. The van der Waals surface area contributed by atoms with Gasteiger partial charge in [0.15, 0.2) is 0 Å². The van der Waals surface area contributed by atoms with E-state index in [0.717, 1.165) is 83.5 Å². The lowest BCUT2D eigenvalue weighted by Gasteiger charge is -2.14. The molecule has 0 amide bonds. The summed E-state index contributed by atoms with van der Waals surface area (Å²) in [5, 5.41) is 13.9. The molecule has 0 saturated carbocycles. The molecule has 0 aliphatic rings. The van der Waals surface area contributed by atoms with Crippen LogP contribution >= 0.6 is 0 Å². The lowest BCUT2D eigenvalue weighted by molar-refractivity contribution is 1.18. The number of fused-ring (bicyclic) bond motifs is 4. The van der Waals surface area contributed by atoms with Crippen LogP contribution in [0.5, 0.6) is 0 Å². The highest BCUT2D eigenvalue weighted by atomic mass is 15.0. The van der Waals surface area contributed by atoms with Gasteiger partial charge in [-0.15, -0.1) is 0 Å². The average molecular weight is 804 g/mol. The molecule has 0 fully saturated rings. The molecule has 0 radical (unpaired) electrons. The first kappa shape index (κ1) is 37.6. The Morgan fingerprint density at radius 3 is 1.52 bits per heavy atom. The Morgan fingerprint density at radius 1 is 0.381 bits per heavy atom. The molecule has 3 nitrogen and oxygen atoms in total. The van der Waals surface area contributed by atoms with E-state index in [1.165, 1.54) is 21.8 Å². The molecule has 0 saturated heterocycles. The predicted molar refractivity (Wildman–Crippen MR) is 265 cm³/mol. The number of hydrogen-bond acceptors (Lipinski definition) is 2. The first-order valence-electron chi connectivity index (χ1n) is 21.4.